The third kappa shape index (κ3) is 3.47. The second-order valence-electron chi connectivity index (χ2n) is 4.36. The van der Waals surface area contributed by atoms with E-state index in [1.807, 2.05) is 37.3 Å². The van der Waals surface area contributed by atoms with E-state index in [0.29, 0.717) is 5.69 Å². The van der Waals surface area contributed by atoms with E-state index >= 15 is 0 Å². The Balaban J connectivity index is 1.99. The molecule has 1 N–H and O–H groups in total. The Morgan fingerprint density at radius 3 is 2.44 bits per heavy atom. The lowest BCUT2D eigenvalue weighted by Gasteiger charge is -2.15. The molecule has 94 valence electrons. The maximum atomic E-state index is 13.5. The predicted molar refractivity (Wildman–Crippen MR) is 74.6 cm³/mol. The van der Waals surface area contributed by atoms with Gasteiger partial charge in [0.25, 0.3) is 0 Å². The summed E-state index contributed by atoms with van der Waals surface area (Å²) in [6.07, 6.45) is 0.825. The lowest BCUT2D eigenvalue weighted by Crippen LogP contribution is -2.18. The van der Waals surface area contributed by atoms with E-state index < -0.39 is 0 Å². The van der Waals surface area contributed by atoms with Gasteiger partial charge in [0, 0.05) is 11.1 Å². The zero-order chi connectivity index (χ0) is 13.0. The molecule has 0 spiro atoms. The van der Waals surface area contributed by atoms with E-state index in [2.05, 4.69) is 5.32 Å². The van der Waals surface area contributed by atoms with Crippen LogP contribution in [0.2, 0.25) is 5.02 Å². The van der Waals surface area contributed by atoms with Crippen LogP contribution < -0.4 is 5.32 Å². The van der Waals surface area contributed by atoms with Gasteiger partial charge in [-0.15, -0.1) is 0 Å². The average molecular weight is 264 g/mol. The minimum Gasteiger partial charge on any atom is -0.380 e. The Labute approximate surface area is 112 Å². The van der Waals surface area contributed by atoms with E-state index in [-0.39, 0.29) is 11.9 Å². The number of rotatable bonds is 4. The summed E-state index contributed by atoms with van der Waals surface area (Å²) in [4.78, 5) is 0. The zero-order valence-corrected chi connectivity index (χ0v) is 10.9. The fraction of sp³-hybridized carbons (Fsp3) is 0.200. The summed E-state index contributed by atoms with van der Waals surface area (Å²) in [7, 11) is 0. The first kappa shape index (κ1) is 12.9. The van der Waals surface area contributed by atoms with Gasteiger partial charge in [-0.25, -0.2) is 4.39 Å². The van der Waals surface area contributed by atoms with E-state index in [0.717, 1.165) is 11.4 Å². The van der Waals surface area contributed by atoms with Crippen molar-refractivity contribution in [2.24, 2.45) is 0 Å². The van der Waals surface area contributed by atoms with Crippen molar-refractivity contribution >= 4 is 17.3 Å². The number of hydrogen-bond donors (Lipinski definition) is 1. The summed E-state index contributed by atoms with van der Waals surface area (Å²) < 4.78 is 13.5. The van der Waals surface area contributed by atoms with Crippen molar-refractivity contribution in [3.05, 3.63) is 64.9 Å². The lowest BCUT2D eigenvalue weighted by molar-refractivity contribution is 0.626. The van der Waals surface area contributed by atoms with E-state index in [1.165, 1.54) is 11.6 Å². The van der Waals surface area contributed by atoms with E-state index in [9.17, 15) is 4.39 Å². The molecule has 0 aliphatic carbocycles. The van der Waals surface area contributed by atoms with Gasteiger partial charge in [-0.3, -0.25) is 0 Å². The molecule has 0 aromatic heterocycles. The van der Waals surface area contributed by atoms with Gasteiger partial charge in [0.1, 0.15) is 5.82 Å². The van der Waals surface area contributed by atoms with Gasteiger partial charge in [-0.05, 0) is 43.2 Å². The van der Waals surface area contributed by atoms with Gasteiger partial charge in [-0.1, -0.05) is 35.9 Å². The molecule has 3 heteroatoms. The van der Waals surface area contributed by atoms with Crippen molar-refractivity contribution in [1.29, 1.82) is 0 Å². The predicted octanol–water partition coefficient (Wildman–Crippen LogP) is 4.52. The molecule has 18 heavy (non-hydrogen) atoms. The van der Waals surface area contributed by atoms with Crippen LogP contribution in [-0.2, 0) is 6.42 Å². The number of anilines is 1. The SMILES string of the molecule is CC(Cc1ccc(Cl)cc1)Nc1ccccc1F. The molecule has 0 bridgehead atoms. The first-order valence-corrected chi connectivity index (χ1v) is 6.28. The van der Waals surface area contributed by atoms with Crippen molar-refractivity contribution in [2.75, 3.05) is 5.32 Å². The number of hydrogen-bond acceptors (Lipinski definition) is 1. The van der Waals surface area contributed by atoms with Gasteiger partial charge >= 0.3 is 0 Å². The first-order chi connectivity index (χ1) is 8.65. The largest absolute Gasteiger partial charge is 0.380 e. The summed E-state index contributed by atoms with van der Waals surface area (Å²) in [5, 5.41) is 3.90. The molecule has 1 nitrogen and oxygen atoms in total. The molecule has 0 fully saturated rings. The van der Waals surface area contributed by atoms with Crippen LogP contribution >= 0.6 is 11.6 Å². The molecule has 0 radical (unpaired) electrons. The van der Waals surface area contributed by atoms with Gasteiger partial charge in [0.2, 0.25) is 0 Å². The third-order valence-electron chi connectivity index (χ3n) is 2.73. The molecule has 0 aliphatic heterocycles. The standard InChI is InChI=1S/C15H15ClFN/c1-11(10-12-6-8-13(16)9-7-12)18-15-5-3-2-4-14(15)17/h2-9,11,18H,10H2,1H3. The van der Waals surface area contributed by atoms with Crippen molar-refractivity contribution in [2.45, 2.75) is 19.4 Å². The molecular weight excluding hydrogens is 249 g/mol. The molecule has 2 rings (SSSR count). The maximum absolute atomic E-state index is 13.5. The second kappa shape index (κ2) is 5.87. The fourth-order valence-electron chi connectivity index (χ4n) is 1.87. The molecule has 1 unspecified atom stereocenters. The molecular formula is C15H15ClFN. The topological polar surface area (TPSA) is 12.0 Å². The van der Waals surface area contributed by atoms with Crippen LogP contribution in [0.4, 0.5) is 10.1 Å². The van der Waals surface area contributed by atoms with Gasteiger partial charge in [-0.2, -0.15) is 0 Å². The van der Waals surface area contributed by atoms with E-state index in [1.54, 1.807) is 12.1 Å². The van der Waals surface area contributed by atoms with E-state index in [4.69, 9.17) is 11.6 Å². The normalized spacial score (nSPS) is 12.2. The summed E-state index contributed by atoms with van der Waals surface area (Å²) in [6.45, 7) is 2.03. The summed E-state index contributed by atoms with van der Waals surface area (Å²) >= 11 is 5.83. The smallest absolute Gasteiger partial charge is 0.146 e. The van der Waals surface area contributed by atoms with Crippen LogP contribution in [0, 0.1) is 5.82 Å². The van der Waals surface area contributed by atoms with Crippen LogP contribution in [0.3, 0.4) is 0 Å². The van der Waals surface area contributed by atoms with Crippen LogP contribution in [0.1, 0.15) is 12.5 Å². The Kier molecular flexibility index (Phi) is 4.21. The highest BCUT2D eigenvalue weighted by molar-refractivity contribution is 6.30. The maximum Gasteiger partial charge on any atom is 0.146 e. The Morgan fingerprint density at radius 1 is 1.11 bits per heavy atom. The number of nitrogens with one attached hydrogen (secondary N) is 1. The zero-order valence-electron chi connectivity index (χ0n) is 10.2. The first-order valence-electron chi connectivity index (χ1n) is 5.90. The molecule has 0 heterocycles. The minimum absolute atomic E-state index is 0.156. The monoisotopic (exact) mass is 263 g/mol. The summed E-state index contributed by atoms with van der Waals surface area (Å²) in [6, 6.07) is 14.6. The number of para-hydroxylation sites is 1. The fourth-order valence-corrected chi connectivity index (χ4v) is 1.99. The third-order valence-corrected chi connectivity index (χ3v) is 2.98. The molecule has 0 aliphatic rings. The second-order valence-corrected chi connectivity index (χ2v) is 4.79. The highest BCUT2D eigenvalue weighted by Gasteiger charge is 2.06. The number of halogens is 2. The van der Waals surface area contributed by atoms with Crippen LogP contribution in [0.15, 0.2) is 48.5 Å². The molecule has 0 saturated carbocycles. The minimum atomic E-state index is -0.222. The Morgan fingerprint density at radius 2 is 1.78 bits per heavy atom. The van der Waals surface area contributed by atoms with Crippen LogP contribution in [0.25, 0.3) is 0 Å². The van der Waals surface area contributed by atoms with Crippen molar-refractivity contribution in [3.63, 3.8) is 0 Å². The summed E-state index contributed by atoms with van der Waals surface area (Å²) in [5.41, 5.74) is 1.72. The van der Waals surface area contributed by atoms with Gasteiger partial charge in [0.05, 0.1) is 5.69 Å². The van der Waals surface area contributed by atoms with Crippen LogP contribution in [-0.4, -0.2) is 6.04 Å². The molecule has 1 atom stereocenters. The molecule has 0 saturated heterocycles. The number of benzene rings is 2. The van der Waals surface area contributed by atoms with Gasteiger partial charge < -0.3 is 5.32 Å². The Hall–Kier alpha value is -1.54. The van der Waals surface area contributed by atoms with Crippen molar-refractivity contribution in [1.82, 2.24) is 0 Å². The van der Waals surface area contributed by atoms with Crippen molar-refractivity contribution in [3.8, 4) is 0 Å². The molecule has 0 amide bonds. The molecule has 2 aromatic rings. The summed E-state index contributed by atoms with van der Waals surface area (Å²) in [5.74, 6) is -0.222. The van der Waals surface area contributed by atoms with Crippen LogP contribution in [0.5, 0.6) is 0 Å². The quantitative estimate of drug-likeness (QED) is 0.855. The van der Waals surface area contributed by atoms with Crippen molar-refractivity contribution < 1.29 is 4.39 Å². The average Bonchev–Trinajstić information content (AvgIpc) is 2.35. The Bertz CT molecular complexity index is 510. The highest BCUT2D eigenvalue weighted by atomic mass is 35.5. The van der Waals surface area contributed by atoms with Gasteiger partial charge in [0.15, 0.2) is 0 Å². The highest BCUT2D eigenvalue weighted by Crippen LogP contribution is 2.16. The lowest BCUT2D eigenvalue weighted by atomic mass is 10.1. The molecule has 2 aromatic carbocycles.